The molecule has 168 valence electrons. The number of hydrogen-bond donors (Lipinski definition) is 3. The summed E-state index contributed by atoms with van der Waals surface area (Å²) >= 11 is 0. The van der Waals surface area contributed by atoms with Gasteiger partial charge in [0.1, 0.15) is 0 Å². The van der Waals surface area contributed by atoms with E-state index < -0.39 is 10.0 Å². The molecule has 2 amide bonds. The number of fused-ring (bicyclic) bond motifs is 1. The molecule has 1 aliphatic heterocycles. The molecule has 9 nitrogen and oxygen atoms in total. The Morgan fingerprint density at radius 1 is 1.09 bits per heavy atom. The molecule has 10 heteroatoms. The molecule has 0 saturated carbocycles. The van der Waals surface area contributed by atoms with Gasteiger partial charge in [0, 0.05) is 30.1 Å². The number of hydrogen-bond acceptors (Lipinski definition) is 5. The van der Waals surface area contributed by atoms with Crippen molar-refractivity contribution in [3.05, 3.63) is 54.1 Å². The van der Waals surface area contributed by atoms with E-state index in [1.54, 1.807) is 18.2 Å². The number of piperidine rings is 1. The molecule has 32 heavy (non-hydrogen) atoms. The van der Waals surface area contributed by atoms with E-state index >= 15 is 0 Å². The van der Waals surface area contributed by atoms with Crippen LogP contribution in [0.5, 0.6) is 0 Å². The van der Waals surface area contributed by atoms with Gasteiger partial charge < -0.3 is 10.6 Å². The Hall–Kier alpha value is -3.24. The lowest BCUT2D eigenvalue weighted by Crippen LogP contribution is -2.40. The monoisotopic (exact) mass is 455 g/mol. The van der Waals surface area contributed by atoms with Gasteiger partial charge in [0.05, 0.1) is 18.2 Å². The van der Waals surface area contributed by atoms with Crippen LogP contribution in [-0.4, -0.2) is 54.1 Å². The third-order valence-corrected chi connectivity index (χ3v) is 6.89. The molecule has 2 aromatic carbocycles. The van der Waals surface area contributed by atoms with Crippen molar-refractivity contribution in [1.82, 2.24) is 14.5 Å². The van der Waals surface area contributed by atoms with Gasteiger partial charge in [-0.1, -0.05) is 30.3 Å². The Balaban J connectivity index is 1.41. The van der Waals surface area contributed by atoms with Crippen LogP contribution >= 0.6 is 0 Å². The molecule has 4 rings (SSSR count). The van der Waals surface area contributed by atoms with Crippen LogP contribution in [0.4, 0.5) is 11.5 Å². The number of amides is 2. The molecule has 0 aliphatic carbocycles. The second-order valence-corrected chi connectivity index (χ2v) is 9.95. The van der Waals surface area contributed by atoms with Gasteiger partial charge >= 0.3 is 0 Å². The van der Waals surface area contributed by atoms with Gasteiger partial charge in [-0.15, -0.1) is 0 Å². The number of H-pyrrole nitrogens is 1. The maximum atomic E-state index is 12.7. The van der Waals surface area contributed by atoms with Gasteiger partial charge in [-0.3, -0.25) is 14.7 Å². The highest BCUT2D eigenvalue weighted by atomic mass is 32.2. The predicted molar refractivity (Wildman–Crippen MR) is 123 cm³/mol. The molecule has 0 bridgehead atoms. The second-order valence-electron chi connectivity index (χ2n) is 7.97. The number of benzene rings is 2. The zero-order valence-corrected chi connectivity index (χ0v) is 18.5. The molecule has 1 aromatic heterocycles. The Morgan fingerprint density at radius 3 is 2.50 bits per heavy atom. The van der Waals surface area contributed by atoms with E-state index in [0.29, 0.717) is 42.8 Å². The molecule has 0 unspecified atom stereocenters. The molecule has 0 spiro atoms. The highest BCUT2D eigenvalue weighted by molar-refractivity contribution is 7.88. The SMILES string of the molecule is CS(=O)(=O)N1CCC(C(=O)Nc2ccc3[nH]nc(NC(=O)Cc4ccccc4)c3c2)CC1. The molecule has 2 heterocycles. The Kier molecular flexibility index (Phi) is 6.24. The van der Waals surface area contributed by atoms with Crippen LogP contribution < -0.4 is 10.6 Å². The molecule has 1 fully saturated rings. The van der Waals surface area contributed by atoms with Crippen molar-refractivity contribution in [2.24, 2.45) is 5.92 Å². The zero-order valence-electron chi connectivity index (χ0n) is 17.7. The summed E-state index contributed by atoms with van der Waals surface area (Å²) < 4.78 is 24.7. The fourth-order valence-corrected chi connectivity index (χ4v) is 4.71. The number of nitrogens with one attached hydrogen (secondary N) is 3. The number of sulfonamides is 1. The first kappa shape index (κ1) is 22.0. The van der Waals surface area contributed by atoms with Crippen LogP contribution in [0, 0.1) is 5.92 Å². The normalized spacial score (nSPS) is 15.5. The van der Waals surface area contributed by atoms with Crippen molar-refractivity contribution in [2.75, 3.05) is 30.0 Å². The van der Waals surface area contributed by atoms with Crippen LogP contribution in [0.25, 0.3) is 10.9 Å². The van der Waals surface area contributed by atoms with Crippen molar-refractivity contribution in [3.8, 4) is 0 Å². The summed E-state index contributed by atoms with van der Waals surface area (Å²) in [6.07, 6.45) is 2.38. The van der Waals surface area contributed by atoms with Crippen LogP contribution in [0.2, 0.25) is 0 Å². The van der Waals surface area contributed by atoms with Crippen molar-refractivity contribution in [1.29, 1.82) is 0 Å². The van der Waals surface area contributed by atoms with Crippen LogP contribution in [-0.2, 0) is 26.0 Å². The summed E-state index contributed by atoms with van der Waals surface area (Å²) in [6.45, 7) is 0.685. The molecular weight excluding hydrogens is 430 g/mol. The lowest BCUT2D eigenvalue weighted by molar-refractivity contribution is -0.121. The number of rotatable bonds is 6. The summed E-state index contributed by atoms with van der Waals surface area (Å²) in [5.41, 5.74) is 2.23. The predicted octanol–water partition coefficient (Wildman–Crippen LogP) is 2.35. The van der Waals surface area contributed by atoms with E-state index in [0.717, 1.165) is 11.1 Å². The van der Waals surface area contributed by atoms with E-state index in [-0.39, 0.29) is 24.2 Å². The van der Waals surface area contributed by atoms with E-state index in [1.165, 1.54) is 10.6 Å². The number of aromatic nitrogens is 2. The number of carbonyl (C=O) groups is 2. The van der Waals surface area contributed by atoms with Crippen LogP contribution in [0.1, 0.15) is 18.4 Å². The molecule has 0 atom stereocenters. The standard InChI is InChI=1S/C22H25N5O4S/c1-32(30,31)27-11-9-16(10-12-27)22(29)23-17-7-8-19-18(14-17)21(26-25-19)24-20(28)13-15-5-3-2-4-6-15/h2-8,14,16H,9-13H2,1H3,(H,23,29)(H2,24,25,26,28). The number of anilines is 2. The summed E-state index contributed by atoms with van der Waals surface area (Å²) in [5, 5.41) is 13.5. The first-order valence-electron chi connectivity index (χ1n) is 10.4. The van der Waals surface area contributed by atoms with Gasteiger partial charge in [0.25, 0.3) is 0 Å². The average molecular weight is 456 g/mol. The quantitative estimate of drug-likeness (QED) is 0.526. The number of carbonyl (C=O) groups excluding carboxylic acids is 2. The minimum atomic E-state index is -3.23. The zero-order chi connectivity index (χ0) is 22.7. The summed E-state index contributed by atoms with van der Waals surface area (Å²) in [4.78, 5) is 25.1. The molecule has 1 saturated heterocycles. The van der Waals surface area contributed by atoms with Crippen molar-refractivity contribution in [3.63, 3.8) is 0 Å². The summed E-state index contributed by atoms with van der Waals surface area (Å²) in [6, 6.07) is 14.7. The highest BCUT2D eigenvalue weighted by Gasteiger charge is 2.29. The maximum absolute atomic E-state index is 12.7. The molecular formula is C22H25N5O4S. The van der Waals surface area contributed by atoms with E-state index in [2.05, 4.69) is 20.8 Å². The second kappa shape index (κ2) is 9.09. The van der Waals surface area contributed by atoms with E-state index in [9.17, 15) is 18.0 Å². The fourth-order valence-electron chi connectivity index (χ4n) is 3.84. The summed E-state index contributed by atoms with van der Waals surface area (Å²) in [7, 11) is -3.23. The largest absolute Gasteiger partial charge is 0.326 e. The third kappa shape index (κ3) is 5.14. The minimum absolute atomic E-state index is 0.143. The van der Waals surface area contributed by atoms with Crippen molar-refractivity contribution < 1.29 is 18.0 Å². The van der Waals surface area contributed by atoms with Gasteiger partial charge in [-0.2, -0.15) is 5.10 Å². The van der Waals surface area contributed by atoms with Crippen LogP contribution in [0.3, 0.4) is 0 Å². The molecule has 3 aromatic rings. The van der Waals surface area contributed by atoms with Gasteiger partial charge in [0.15, 0.2) is 5.82 Å². The lowest BCUT2D eigenvalue weighted by Gasteiger charge is -2.29. The topological polar surface area (TPSA) is 124 Å². The Morgan fingerprint density at radius 2 is 1.81 bits per heavy atom. The minimum Gasteiger partial charge on any atom is -0.326 e. The fraction of sp³-hybridized carbons (Fsp3) is 0.318. The first-order valence-corrected chi connectivity index (χ1v) is 12.2. The lowest BCUT2D eigenvalue weighted by atomic mass is 9.97. The Bertz CT molecular complexity index is 1230. The van der Waals surface area contributed by atoms with Crippen LogP contribution in [0.15, 0.2) is 48.5 Å². The third-order valence-electron chi connectivity index (χ3n) is 5.59. The van der Waals surface area contributed by atoms with Crippen molar-refractivity contribution >= 4 is 44.2 Å². The highest BCUT2D eigenvalue weighted by Crippen LogP contribution is 2.26. The average Bonchev–Trinajstić information content (AvgIpc) is 3.16. The maximum Gasteiger partial charge on any atom is 0.230 e. The van der Waals surface area contributed by atoms with E-state index in [1.807, 2.05) is 30.3 Å². The molecule has 0 radical (unpaired) electrons. The van der Waals surface area contributed by atoms with Crippen molar-refractivity contribution in [2.45, 2.75) is 19.3 Å². The molecule has 1 aliphatic rings. The van der Waals surface area contributed by atoms with Gasteiger partial charge in [-0.25, -0.2) is 12.7 Å². The first-order chi connectivity index (χ1) is 15.3. The number of aromatic amines is 1. The molecule has 3 N–H and O–H groups in total. The van der Waals surface area contributed by atoms with Gasteiger partial charge in [0.2, 0.25) is 21.8 Å². The van der Waals surface area contributed by atoms with Gasteiger partial charge in [-0.05, 0) is 36.6 Å². The smallest absolute Gasteiger partial charge is 0.230 e. The Labute approximate surface area is 186 Å². The number of nitrogens with zero attached hydrogens (tertiary/aromatic N) is 2. The van der Waals surface area contributed by atoms with E-state index in [4.69, 9.17) is 0 Å². The summed E-state index contributed by atoms with van der Waals surface area (Å²) in [5.74, 6) is -0.177.